The second kappa shape index (κ2) is 9.03. The van der Waals surface area contributed by atoms with E-state index in [-0.39, 0.29) is 25.2 Å². The van der Waals surface area contributed by atoms with Crippen molar-refractivity contribution in [1.82, 2.24) is 5.32 Å². The fourth-order valence-corrected chi connectivity index (χ4v) is 2.99. The highest BCUT2D eigenvalue weighted by Gasteiger charge is 2.20. The van der Waals surface area contributed by atoms with Gasteiger partial charge in [-0.3, -0.25) is 4.79 Å². The van der Waals surface area contributed by atoms with Gasteiger partial charge in [0.05, 0.1) is 11.6 Å². The number of rotatable bonds is 7. The molecule has 1 N–H and O–H groups in total. The number of ether oxygens (including phenoxy) is 2. The number of nitrogens with one attached hydrogen (secondary N) is 1. The molecule has 1 atom stereocenters. The molecule has 2 aromatic carbocycles. The van der Waals surface area contributed by atoms with Crippen LogP contribution in [-0.4, -0.2) is 25.1 Å². The maximum absolute atomic E-state index is 12.2. The number of benzene rings is 2. The van der Waals surface area contributed by atoms with E-state index in [0.29, 0.717) is 5.57 Å². The van der Waals surface area contributed by atoms with Gasteiger partial charge in [0.2, 0.25) is 0 Å². The first-order valence-corrected chi connectivity index (χ1v) is 9.11. The third kappa shape index (κ3) is 4.97. The van der Waals surface area contributed by atoms with E-state index in [0.717, 1.165) is 29.7 Å². The molecule has 1 amide bonds. The molecule has 1 aliphatic heterocycles. The van der Waals surface area contributed by atoms with Crippen molar-refractivity contribution in [1.29, 1.82) is 0 Å². The van der Waals surface area contributed by atoms with Gasteiger partial charge >= 0.3 is 5.97 Å². The zero-order chi connectivity index (χ0) is 19.1. The predicted octanol–water partition coefficient (Wildman–Crippen LogP) is 3.66. The summed E-state index contributed by atoms with van der Waals surface area (Å²) in [7, 11) is 0. The van der Waals surface area contributed by atoms with E-state index in [4.69, 9.17) is 9.47 Å². The molecule has 5 heteroatoms. The molecule has 1 aliphatic rings. The lowest BCUT2D eigenvalue weighted by Crippen LogP contribution is -2.33. The Kier molecular flexibility index (Phi) is 6.26. The summed E-state index contributed by atoms with van der Waals surface area (Å²) in [6, 6.07) is 17.2. The maximum atomic E-state index is 12.2. The molecule has 0 aromatic heterocycles. The molecule has 0 spiro atoms. The lowest BCUT2D eigenvalue weighted by atomic mass is 10.0. The van der Waals surface area contributed by atoms with E-state index >= 15 is 0 Å². The van der Waals surface area contributed by atoms with Gasteiger partial charge in [-0.25, -0.2) is 4.79 Å². The van der Waals surface area contributed by atoms with E-state index in [2.05, 4.69) is 12.2 Å². The van der Waals surface area contributed by atoms with Crippen LogP contribution < -0.4 is 10.1 Å². The third-order valence-corrected chi connectivity index (χ3v) is 4.34. The highest BCUT2D eigenvalue weighted by molar-refractivity contribution is 5.96. The summed E-state index contributed by atoms with van der Waals surface area (Å²) in [5.41, 5.74) is 2.26. The fraction of sp³-hybridized carbons (Fsp3) is 0.273. The van der Waals surface area contributed by atoms with Crippen molar-refractivity contribution in [2.45, 2.75) is 25.8 Å². The number of esters is 1. The van der Waals surface area contributed by atoms with Crippen molar-refractivity contribution in [3.63, 3.8) is 0 Å². The highest BCUT2D eigenvalue weighted by atomic mass is 16.5. The van der Waals surface area contributed by atoms with Crippen molar-refractivity contribution in [3.05, 3.63) is 71.3 Å². The topological polar surface area (TPSA) is 64.6 Å². The molecule has 0 fully saturated rings. The van der Waals surface area contributed by atoms with Gasteiger partial charge in [-0.2, -0.15) is 0 Å². The Morgan fingerprint density at radius 1 is 1.11 bits per heavy atom. The molecule has 0 radical (unpaired) electrons. The molecule has 5 nitrogen and oxygen atoms in total. The minimum Gasteiger partial charge on any atom is -0.488 e. The van der Waals surface area contributed by atoms with E-state index in [1.807, 2.05) is 54.6 Å². The number of hydrogen-bond acceptors (Lipinski definition) is 4. The van der Waals surface area contributed by atoms with Crippen molar-refractivity contribution < 1.29 is 19.1 Å². The van der Waals surface area contributed by atoms with Gasteiger partial charge in [-0.05, 0) is 24.1 Å². The Morgan fingerprint density at radius 3 is 2.63 bits per heavy atom. The first-order valence-electron chi connectivity index (χ1n) is 9.11. The van der Waals surface area contributed by atoms with Crippen LogP contribution in [0.5, 0.6) is 5.75 Å². The first kappa shape index (κ1) is 18.7. The smallest absolute Gasteiger partial charge is 0.338 e. The minimum absolute atomic E-state index is 0.0912. The Labute approximate surface area is 159 Å². The summed E-state index contributed by atoms with van der Waals surface area (Å²) in [6.45, 7) is 1.89. The molecule has 140 valence electrons. The van der Waals surface area contributed by atoms with Crippen LogP contribution in [0.4, 0.5) is 0 Å². The van der Waals surface area contributed by atoms with E-state index in [1.165, 1.54) is 0 Å². The van der Waals surface area contributed by atoms with E-state index in [1.54, 1.807) is 6.08 Å². The average Bonchev–Trinajstić information content (AvgIpc) is 2.72. The summed E-state index contributed by atoms with van der Waals surface area (Å²) in [4.78, 5) is 24.5. The minimum atomic E-state index is -0.536. The van der Waals surface area contributed by atoms with Crippen molar-refractivity contribution in [2.24, 2.45) is 0 Å². The van der Waals surface area contributed by atoms with Gasteiger partial charge in [0.25, 0.3) is 5.91 Å². The van der Waals surface area contributed by atoms with Crippen LogP contribution in [0.3, 0.4) is 0 Å². The van der Waals surface area contributed by atoms with Crippen LogP contribution in [0, 0.1) is 0 Å². The van der Waals surface area contributed by atoms with Crippen LogP contribution >= 0.6 is 0 Å². The normalized spacial score (nSPS) is 13.6. The Hall–Kier alpha value is -3.08. The summed E-state index contributed by atoms with van der Waals surface area (Å²) in [5, 5.41) is 2.94. The largest absolute Gasteiger partial charge is 0.488 e. The maximum Gasteiger partial charge on any atom is 0.338 e. The van der Waals surface area contributed by atoms with Crippen molar-refractivity contribution in [2.75, 3.05) is 13.2 Å². The van der Waals surface area contributed by atoms with Crippen LogP contribution in [-0.2, 0) is 14.3 Å². The molecular weight excluding hydrogens is 342 g/mol. The number of carbonyl (C=O) groups excluding carboxylic acids is 2. The predicted molar refractivity (Wildman–Crippen MR) is 103 cm³/mol. The van der Waals surface area contributed by atoms with Crippen LogP contribution in [0.2, 0.25) is 0 Å². The molecule has 3 rings (SSSR count). The zero-order valence-electron chi connectivity index (χ0n) is 15.3. The number of fused-ring (bicyclic) bond motifs is 1. The second-order valence-corrected chi connectivity index (χ2v) is 6.39. The fourth-order valence-electron chi connectivity index (χ4n) is 2.99. The van der Waals surface area contributed by atoms with E-state index < -0.39 is 5.97 Å². The quantitative estimate of drug-likeness (QED) is 0.761. The molecular formula is C22H23NO4. The van der Waals surface area contributed by atoms with Gasteiger partial charge in [-0.15, -0.1) is 0 Å². The van der Waals surface area contributed by atoms with Gasteiger partial charge in [0.15, 0.2) is 6.61 Å². The SMILES string of the molecule is CCC[C@@H](NC(=O)COC(=O)C1=Cc2ccccc2OC1)c1ccccc1. The zero-order valence-corrected chi connectivity index (χ0v) is 15.3. The first-order chi connectivity index (χ1) is 13.2. The molecule has 0 bridgehead atoms. The van der Waals surface area contributed by atoms with Crippen LogP contribution in [0.1, 0.15) is 36.9 Å². The molecule has 1 heterocycles. The Balaban J connectivity index is 1.55. The second-order valence-electron chi connectivity index (χ2n) is 6.39. The third-order valence-electron chi connectivity index (χ3n) is 4.34. The Bertz CT molecular complexity index is 829. The lowest BCUT2D eigenvalue weighted by molar-refractivity contribution is -0.145. The molecule has 0 unspecified atom stereocenters. The highest BCUT2D eigenvalue weighted by Crippen LogP contribution is 2.26. The molecule has 0 aliphatic carbocycles. The number of carbonyl (C=O) groups is 2. The number of hydrogen-bond donors (Lipinski definition) is 1. The molecule has 2 aromatic rings. The van der Waals surface area contributed by atoms with Crippen molar-refractivity contribution >= 4 is 18.0 Å². The van der Waals surface area contributed by atoms with Gasteiger partial charge in [0.1, 0.15) is 12.4 Å². The van der Waals surface area contributed by atoms with Gasteiger partial charge < -0.3 is 14.8 Å². The lowest BCUT2D eigenvalue weighted by Gasteiger charge is -2.19. The Morgan fingerprint density at radius 2 is 1.85 bits per heavy atom. The van der Waals surface area contributed by atoms with Crippen LogP contribution in [0.15, 0.2) is 60.2 Å². The summed E-state index contributed by atoms with van der Waals surface area (Å²) in [6.07, 6.45) is 3.49. The standard InChI is InChI=1S/C22H23NO4/c1-2-8-19(16-9-4-3-5-10-16)23-21(24)15-27-22(25)18-13-17-11-6-7-12-20(17)26-14-18/h3-7,9-13,19H,2,8,14-15H2,1H3,(H,23,24)/t19-/m1/s1. The molecule has 27 heavy (non-hydrogen) atoms. The van der Waals surface area contributed by atoms with E-state index in [9.17, 15) is 9.59 Å². The number of para-hydroxylation sites is 1. The monoisotopic (exact) mass is 365 g/mol. The molecule has 0 saturated carbocycles. The average molecular weight is 365 g/mol. The summed E-state index contributed by atoms with van der Waals surface area (Å²) < 4.78 is 10.7. The molecule has 0 saturated heterocycles. The van der Waals surface area contributed by atoms with Crippen molar-refractivity contribution in [3.8, 4) is 5.75 Å². The summed E-state index contributed by atoms with van der Waals surface area (Å²) >= 11 is 0. The van der Waals surface area contributed by atoms with Crippen LogP contribution in [0.25, 0.3) is 6.08 Å². The van der Waals surface area contributed by atoms with Gasteiger partial charge in [-0.1, -0.05) is 61.9 Å². The number of amides is 1. The van der Waals surface area contributed by atoms with Gasteiger partial charge in [0, 0.05) is 5.56 Å². The summed E-state index contributed by atoms with van der Waals surface area (Å²) in [5.74, 6) is -0.119.